The highest BCUT2D eigenvalue weighted by Crippen LogP contribution is 2.17. The lowest BCUT2D eigenvalue weighted by Crippen LogP contribution is -2.14. The number of carboxylic acid groups (broad SMARTS) is 1. The maximum Gasteiger partial charge on any atom is 0.339 e. The van der Waals surface area contributed by atoms with Gasteiger partial charge < -0.3 is 5.11 Å². The summed E-state index contributed by atoms with van der Waals surface area (Å²) in [7, 11) is 1.55. The van der Waals surface area contributed by atoms with Crippen LogP contribution in [0, 0.1) is 0 Å². The van der Waals surface area contributed by atoms with Crippen LogP contribution in [0.2, 0.25) is 0 Å². The highest BCUT2D eigenvalue weighted by molar-refractivity contribution is 6.05. The number of nitrogens with zero attached hydrogens (tertiary/aromatic N) is 5. The van der Waals surface area contributed by atoms with E-state index in [1.807, 2.05) is 30.3 Å². The lowest BCUT2D eigenvalue weighted by Gasteiger charge is -2.04. The molecular formula is C19H15N5O3. The summed E-state index contributed by atoms with van der Waals surface area (Å²) >= 11 is 0. The summed E-state index contributed by atoms with van der Waals surface area (Å²) in [6, 6.07) is 13.2. The third-order valence-corrected chi connectivity index (χ3v) is 4.22. The van der Waals surface area contributed by atoms with Crippen molar-refractivity contribution >= 4 is 17.4 Å². The number of carboxylic acids is 1. The molecule has 0 saturated carbocycles. The molecule has 0 bridgehead atoms. The van der Waals surface area contributed by atoms with E-state index in [0.29, 0.717) is 17.0 Å². The Bertz CT molecular complexity index is 1160. The number of benzene rings is 1. The Labute approximate surface area is 153 Å². The summed E-state index contributed by atoms with van der Waals surface area (Å²) in [4.78, 5) is 28.4. The Morgan fingerprint density at radius 1 is 1.11 bits per heavy atom. The Kier molecular flexibility index (Phi) is 4.00. The zero-order valence-electron chi connectivity index (χ0n) is 14.4. The molecule has 0 aliphatic heterocycles. The molecule has 0 amide bonds. The van der Waals surface area contributed by atoms with Crippen LogP contribution in [0.15, 0.2) is 54.9 Å². The molecule has 4 aromatic rings. The first-order valence-corrected chi connectivity index (χ1v) is 8.22. The quantitative estimate of drug-likeness (QED) is 0.547. The van der Waals surface area contributed by atoms with Crippen LogP contribution >= 0.6 is 0 Å². The second-order valence-electron chi connectivity index (χ2n) is 6.08. The van der Waals surface area contributed by atoms with Crippen LogP contribution in [0.3, 0.4) is 0 Å². The Morgan fingerprint density at radius 3 is 2.63 bits per heavy atom. The number of pyridine rings is 1. The van der Waals surface area contributed by atoms with Gasteiger partial charge in [-0.25, -0.2) is 14.3 Å². The van der Waals surface area contributed by atoms with E-state index in [1.54, 1.807) is 29.9 Å². The smallest absolute Gasteiger partial charge is 0.339 e. The zero-order valence-corrected chi connectivity index (χ0v) is 14.4. The van der Waals surface area contributed by atoms with Gasteiger partial charge in [-0.2, -0.15) is 5.10 Å². The van der Waals surface area contributed by atoms with Gasteiger partial charge in [0, 0.05) is 25.2 Å². The molecule has 3 aromatic heterocycles. The average Bonchev–Trinajstić information content (AvgIpc) is 3.25. The summed E-state index contributed by atoms with van der Waals surface area (Å²) in [5.41, 5.74) is 2.24. The first-order valence-electron chi connectivity index (χ1n) is 8.22. The molecule has 0 spiro atoms. The van der Waals surface area contributed by atoms with Gasteiger partial charge in [0.15, 0.2) is 17.3 Å². The third-order valence-electron chi connectivity index (χ3n) is 4.22. The Morgan fingerprint density at radius 2 is 1.89 bits per heavy atom. The monoisotopic (exact) mass is 361 g/mol. The van der Waals surface area contributed by atoms with Crippen LogP contribution < -0.4 is 0 Å². The van der Waals surface area contributed by atoms with Crippen molar-refractivity contribution in [1.82, 2.24) is 24.4 Å². The number of carbonyl (C=O) groups excluding carboxylic acids is 1. The van der Waals surface area contributed by atoms with Gasteiger partial charge in [-0.1, -0.05) is 36.4 Å². The van der Waals surface area contributed by atoms with Gasteiger partial charge in [0.05, 0.1) is 6.20 Å². The van der Waals surface area contributed by atoms with Crippen molar-refractivity contribution in [3.8, 4) is 11.4 Å². The average molecular weight is 361 g/mol. The van der Waals surface area contributed by atoms with Crippen molar-refractivity contribution in [3.05, 3.63) is 71.7 Å². The van der Waals surface area contributed by atoms with E-state index in [4.69, 9.17) is 0 Å². The van der Waals surface area contributed by atoms with Crippen LogP contribution in [0.1, 0.15) is 26.4 Å². The number of rotatable bonds is 5. The normalized spacial score (nSPS) is 11.0. The fourth-order valence-corrected chi connectivity index (χ4v) is 2.93. The van der Waals surface area contributed by atoms with Crippen LogP contribution in [0.25, 0.3) is 17.0 Å². The number of fused-ring (bicyclic) bond motifs is 1. The highest BCUT2D eigenvalue weighted by Gasteiger charge is 2.21. The van der Waals surface area contributed by atoms with Crippen molar-refractivity contribution in [2.75, 3.05) is 0 Å². The minimum atomic E-state index is -1.18. The van der Waals surface area contributed by atoms with E-state index < -0.39 is 5.97 Å². The number of aryl methyl sites for hydroxylation is 1. The molecule has 8 heteroatoms. The van der Waals surface area contributed by atoms with Gasteiger partial charge in [-0.3, -0.25) is 9.48 Å². The number of hydrogen-bond donors (Lipinski definition) is 1. The van der Waals surface area contributed by atoms with E-state index in [1.165, 1.54) is 10.9 Å². The minimum absolute atomic E-state index is 0.0380. The Hall–Kier alpha value is -3.81. The first kappa shape index (κ1) is 16.6. The van der Waals surface area contributed by atoms with Gasteiger partial charge in [-0.15, -0.1) is 5.10 Å². The van der Waals surface area contributed by atoms with Gasteiger partial charge in [0.2, 0.25) is 0 Å². The summed E-state index contributed by atoms with van der Waals surface area (Å²) < 4.78 is 2.90. The van der Waals surface area contributed by atoms with Gasteiger partial charge in [-0.05, 0) is 11.6 Å². The highest BCUT2D eigenvalue weighted by atomic mass is 16.4. The van der Waals surface area contributed by atoms with Gasteiger partial charge in [0.1, 0.15) is 11.3 Å². The molecule has 0 aliphatic rings. The number of aromatic carboxylic acids is 1. The predicted octanol–water partition coefficient (Wildman–Crippen LogP) is 2.25. The molecule has 1 N–H and O–H groups in total. The van der Waals surface area contributed by atoms with Crippen molar-refractivity contribution < 1.29 is 14.7 Å². The lowest BCUT2D eigenvalue weighted by molar-refractivity contribution is 0.0691. The molecule has 4 rings (SSSR count). The van der Waals surface area contributed by atoms with Crippen molar-refractivity contribution in [3.63, 3.8) is 0 Å². The zero-order chi connectivity index (χ0) is 19.0. The molecule has 3 heterocycles. The van der Waals surface area contributed by atoms with Crippen LogP contribution in [0.4, 0.5) is 0 Å². The second kappa shape index (κ2) is 6.49. The van der Waals surface area contributed by atoms with Gasteiger partial charge >= 0.3 is 5.97 Å². The standard InChI is InChI=1S/C19H15N5O3/c1-23-17(14(10-20-23)19(26)27)15(25)9-12-7-8-16-21-18(22-24(16)11-12)13-5-3-2-4-6-13/h2-8,10-11H,9H2,1H3,(H,26,27). The molecule has 0 aliphatic carbocycles. The number of carbonyl (C=O) groups is 2. The summed E-state index contributed by atoms with van der Waals surface area (Å²) in [6.07, 6.45) is 2.95. The molecular weight excluding hydrogens is 346 g/mol. The maximum atomic E-state index is 12.6. The van der Waals surface area contributed by atoms with Gasteiger partial charge in [0.25, 0.3) is 0 Å². The Balaban J connectivity index is 1.64. The van der Waals surface area contributed by atoms with Crippen molar-refractivity contribution in [1.29, 1.82) is 0 Å². The number of aromatic nitrogens is 5. The lowest BCUT2D eigenvalue weighted by atomic mass is 10.1. The van der Waals surface area contributed by atoms with Crippen LogP contribution in [-0.4, -0.2) is 41.2 Å². The number of ketones is 1. The maximum absolute atomic E-state index is 12.6. The third kappa shape index (κ3) is 3.08. The first-order chi connectivity index (χ1) is 13.0. The summed E-state index contributed by atoms with van der Waals surface area (Å²) in [6.45, 7) is 0. The van der Waals surface area contributed by atoms with E-state index in [0.717, 1.165) is 5.56 Å². The van der Waals surface area contributed by atoms with Crippen LogP contribution in [0.5, 0.6) is 0 Å². The van der Waals surface area contributed by atoms with Crippen LogP contribution in [-0.2, 0) is 13.5 Å². The number of Topliss-reactive ketones (excluding diaryl/α,β-unsaturated/α-hetero) is 1. The molecule has 0 radical (unpaired) electrons. The van der Waals surface area contributed by atoms with E-state index in [2.05, 4.69) is 15.2 Å². The fourth-order valence-electron chi connectivity index (χ4n) is 2.93. The molecule has 0 unspecified atom stereocenters. The topological polar surface area (TPSA) is 102 Å². The minimum Gasteiger partial charge on any atom is -0.478 e. The molecule has 8 nitrogen and oxygen atoms in total. The van der Waals surface area contributed by atoms with E-state index in [9.17, 15) is 14.7 Å². The molecule has 0 saturated heterocycles. The van der Waals surface area contributed by atoms with E-state index in [-0.39, 0.29) is 23.5 Å². The second-order valence-corrected chi connectivity index (χ2v) is 6.08. The molecule has 27 heavy (non-hydrogen) atoms. The SMILES string of the molecule is Cn1ncc(C(=O)O)c1C(=O)Cc1ccc2nc(-c3ccccc3)nn2c1. The number of hydrogen-bond acceptors (Lipinski definition) is 5. The predicted molar refractivity (Wildman–Crippen MR) is 96.6 cm³/mol. The summed E-state index contributed by atoms with van der Waals surface area (Å²) in [5, 5.41) is 17.6. The van der Waals surface area contributed by atoms with Crippen molar-refractivity contribution in [2.24, 2.45) is 7.05 Å². The molecule has 1 aromatic carbocycles. The van der Waals surface area contributed by atoms with E-state index >= 15 is 0 Å². The molecule has 0 fully saturated rings. The molecule has 0 atom stereocenters. The van der Waals surface area contributed by atoms with Crippen molar-refractivity contribution in [2.45, 2.75) is 6.42 Å². The molecule has 134 valence electrons. The fraction of sp³-hybridized carbons (Fsp3) is 0.105. The largest absolute Gasteiger partial charge is 0.478 e. The summed E-state index contributed by atoms with van der Waals surface area (Å²) in [5.74, 6) is -0.903.